The van der Waals surface area contributed by atoms with Gasteiger partial charge in [0, 0.05) is 18.0 Å². The summed E-state index contributed by atoms with van der Waals surface area (Å²) in [5.41, 5.74) is -0.964. The summed E-state index contributed by atoms with van der Waals surface area (Å²) in [6.07, 6.45) is 2.38. The molecule has 2 heterocycles. The number of carbonyl (C=O) groups excluding carboxylic acids is 1. The second-order valence-corrected chi connectivity index (χ2v) is 7.73. The average Bonchev–Trinajstić information content (AvgIpc) is 3.01. The Morgan fingerprint density at radius 2 is 1.96 bits per heavy atom. The summed E-state index contributed by atoms with van der Waals surface area (Å²) in [7, 11) is 0. The minimum Gasteiger partial charge on any atom is -0.384 e. The molecule has 3 rings (SSSR count). The lowest BCUT2D eigenvalue weighted by Crippen LogP contribution is -2.53. The van der Waals surface area contributed by atoms with E-state index >= 15 is 0 Å². The zero-order valence-electron chi connectivity index (χ0n) is 14.0. The van der Waals surface area contributed by atoms with Crippen LogP contribution in [0.2, 0.25) is 0 Å². The summed E-state index contributed by atoms with van der Waals surface area (Å²) < 4.78 is 5.59. The van der Waals surface area contributed by atoms with E-state index in [4.69, 9.17) is 4.74 Å². The SMILES string of the molecule is O=C(CSc1ccccc1)N1CCOC[C@@](O)(CN2CCCC2)C1. The van der Waals surface area contributed by atoms with Crippen molar-refractivity contribution in [2.45, 2.75) is 23.3 Å². The number of hydrogen-bond acceptors (Lipinski definition) is 5. The van der Waals surface area contributed by atoms with Crippen LogP contribution in [0.15, 0.2) is 35.2 Å². The van der Waals surface area contributed by atoms with Gasteiger partial charge < -0.3 is 19.6 Å². The highest BCUT2D eigenvalue weighted by Crippen LogP contribution is 2.21. The zero-order chi connectivity index (χ0) is 16.8. The van der Waals surface area contributed by atoms with E-state index in [9.17, 15) is 9.90 Å². The van der Waals surface area contributed by atoms with Gasteiger partial charge >= 0.3 is 0 Å². The number of amides is 1. The summed E-state index contributed by atoms with van der Waals surface area (Å²) in [4.78, 5) is 17.7. The molecule has 1 atom stereocenters. The van der Waals surface area contributed by atoms with Crippen molar-refractivity contribution in [1.82, 2.24) is 9.80 Å². The standard InChI is InChI=1S/C18H26N2O3S/c21-17(12-24-16-6-2-1-3-7-16)20-10-11-23-15-18(22,14-20)13-19-8-4-5-9-19/h1-3,6-7,22H,4-5,8-15H2/t18-/m1/s1. The number of benzene rings is 1. The Bertz CT molecular complexity index is 536. The number of thioether (sulfide) groups is 1. The molecule has 1 amide bonds. The fourth-order valence-corrected chi connectivity index (χ4v) is 4.16. The second-order valence-electron chi connectivity index (χ2n) is 6.68. The summed E-state index contributed by atoms with van der Waals surface area (Å²) >= 11 is 1.54. The van der Waals surface area contributed by atoms with E-state index in [0.717, 1.165) is 18.0 Å². The maximum Gasteiger partial charge on any atom is 0.233 e. The minimum absolute atomic E-state index is 0.0641. The Kier molecular flexibility index (Phi) is 6.16. The summed E-state index contributed by atoms with van der Waals surface area (Å²) in [5, 5.41) is 10.9. The van der Waals surface area contributed by atoms with Crippen LogP contribution in [-0.2, 0) is 9.53 Å². The highest BCUT2D eigenvalue weighted by Gasteiger charge is 2.36. The molecule has 0 aliphatic carbocycles. The van der Waals surface area contributed by atoms with E-state index in [-0.39, 0.29) is 5.91 Å². The van der Waals surface area contributed by atoms with Gasteiger partial charge in [-0.05, 0) is 38.1 Å². The Morgan fingerprint density at radius 3 is 2.71 bits per heavy atom. The van der Waals surface area contributed by atoms with Crippen molar-refractivity contribution in [1.29, 1.82) is 0 Å². The molecule has 0 aromatic heterocycles. The number of ether oxygens (including phenoxy) is 1. The monoisotopic (exact) mass is 350 g/mol. The van der Waals surface area contributed by atoms with E-state index in [1.54, 1.807) is 4.90 Å². The number of carbonyl (C=O) groups is 1. The fourth-order valence-electron chi connectivity index (χ4n) is 3.34. The first-order chi connectivity index (χ1) is 11.6. The summed E-state index contributed by atoms with van der Waals surface area (Å²) in [5.74, 6) is 0.457. The Hall–Kier alpha value is -1.08. The lowest BCUT2D eigenvalue weighted by Gasteiger charge is -2.34. The molecule has 6 heteroatoms. The molecule has 132 valence electrons. The van der Waals surface area contributed by atoms with Gasteiger partial charge in [0.05, 0.1) is 25.5 Å². The van der Waals surface area contributed by atoms with Gasteiger partial charge in [-0.3, -0.25) is 4.79 Å². The molecular formula is C18H26N2O3S. The predicted octanol–water partition coefficient (Wildman–Crippen LogP) is 1.46. The summed E-state index contributed by atoms with van der Waals surface area (Å²) in [6, 6.07) is 9.93. The smallest absolute Gasteiger partial charge is 0.233 e. The molecule has 2 aliphatic heterocycles. The number of likely N-dealkylation sites (tertiary alicyclic amines) is 1. The number of β-amino-alcohol motifs (C(OH)–C–C–N with tert-alkyl or cyclic N) is 1. The molecule has 2 aliphatic rings. The van der Waals surface area contributed by atoms with Crippen LogP contribution in [0.1, 0.15) is 12.8 Å². The Morgan fingerprint density at radius 1 is 1.21 bits per heavy atom. The minimum atomic E-state index is -0.964. The van der Waals surface area contributed by atoms with Crippen molar-refractivity contribution in [3.05, 3.63) is 30.3 Å². The van der Waals surface area contributed by atoms with E-state index in [0.29, 0.717) is 38.6 Å². The topological polar surface area (TPSA) is 53.0 Å². The van der Waals surface area contributed by atoms with Crippen molar-refractivity contribution in [3.63, 3.8) is 0 Å². The normalized spacial score (nSPS) is 25.6. The third-order valence-corrected chi connectivity index (χ3v) is 5.53. The lowest BCUT2D eigenvalue weighted by atomic mass is 10.0. The number of nitrogens with zero attached hydrogens (tertiary/aromatic N) is 2. The van der Waals surface area contributed by atoms with Gasteiger partial charge in [-0.2, -0.15) is 0 Å². The van der Waals surface area contributed by atoms with Crippen LogP contribution in [0.5, 0.6) is 0 Å². The molecular weight excluding hydrogens is 324 g/mol. The van der Waals surface area contributed by atoms with Crippen LogP contribution in [0, 0.1) is 0 Å². The Labute approximate surface area is 148 Å². The van der Waals surface area contributed by atoms with Gasteiger partial charge in [0.15, 0.2) is 0 Å². The van der Waals surface area contributed by atoms with Crippen molar-refractivity contribution in [3.8, 4) is 0 Å². The van der Waals surface area contributed by atoms with Crippen LogP contribution in [-0.4, -0.2) is 78.1 Å². The maximum atomic E-state index is 12.6. The van der Waals surface area contributed by atoms with Crippen LogP contribution in [0.3, 0.4) is 0 Å². The number of hydrogen-bond donors (Lipinski definition) is 1. The molecule has 0 spiro atoms. The highest BCUT2D eigenvalue weighted by atomic mass is 32.2. The predicted molar refractivity (Wildman–Crippen MR) is 95.2 cm³/mol. The fraction of sp³-hybridized carbons (Fsp3) is 0.611. The molecule has 0 bridgehead atoms. The Balaban J connectivity index is 1.56. The van der Waals surface area contributed by atoms with Crippen LogP contribution < -0.4 is 0 Å². The van der Waals surface area contributed by atoms with Crippen LogP contribution >= 0.6 is 11.8 Å². The first-order valence-electron chi connectivity index (χ1n) is 8.63. The molecule has 1 aromatic carbocycles. The molecule has 2 saturated heterocycles. The summed E-state index contributed by atoms with van der Waals surface area (Å²) in [6.45, 7) is 4.35. The number of aliphatic hydroxyl groups is 1. The molecule has 1 N–H and O–H groups in total. The van der Waals surface area contributed by atoms with Gasteiger partial charge in [0.25, 0.3) is 0 Å². The third-order valence-electron chi connectivity index (χ3n) is 4.54. The van der Waals surface area contributed by atoms with Crippen LogP contribution in [0.4, 0.5) is 0 Å². The third kappa shape index (κ3) is 4.96. The molecule has 1 aromatic rings. The molecule has 2 fully saturated rings. The number of rotatable bonds is 5. The molecule has 5 nitrogen and oxygen atoms in total. The van der Waals surface area contributed by atoms with Crippen molar-refractivity contribution in [2.75, 3.05) is 51.7 Å². The van der Waals surface area contributed by atoms with Crippen molar-refractivity contribution in [2.24, 2.45) is 0 Å². The molecule has 0 unspecified atom stereocenters. The van der Waals surface area contributed by atoms with E-state index in [1.165, 1.54) is 24.6 Å². The first kappa shape index (κ1) is 17.7. The van der Waals surface area contributed by atoms with Gasteiger partial charge in [-0.25, -0.2) is 0 Å². The van der Waals surface area contributed by atoms with Crippen molar-refractivity contribution < 1.29 is 14.6 Å². The van der Waals surface area contributed by atoms with Gasteiger partial charge in [0.2, 0.25) is 5.91 Å². The van der Waals surface area contributed by atoms with Crippen molar-refractivity contribution >= 4 is 17.7 Å². The largest absolute Gasteiger partial charge is 0.384 e. The molecule has 24 heavy (non-hydrogen) atoms. The van der Waals surface area contributed by atoms with E-state index < -0.39 is 5.60 Å². The molecule has 0 saturated carbocycles. The first-order valence-corrected chi connectivity index (χ1v) is 9.61. The maximum absolute atomic E-state index is 12.6. The van der Waals surface area contributed by atoms with E-state index in [2.05, 4.69) is 4.90 Å². The van der Waals surface area contributed by atoms with Gasteiger partial charge in [-0.1, -0.05) is 18.2 Å². The van der Waals surface area contributed by atoms with Gasteiger partial charge in [-0.15, -0.1) is 11.8 Å². The average molecular weight is 350 g/mol. The van der Waals surface area contributed by atoms with Crippen LogP contribution in [0.25, 0.3) is 0 Å². The lowest BCUT2D eigenvalue weighted by molar-refractivity contribution is -0.131. The second kappa shape index (κ2) is 8.34. The zero-order valence-corrected chi connectivity index (χ0v) is 14.8. The highest BCUT2D eigenvalue weighted by molar-refractivity contribution is 8.00. The quantitative estimate of drug-likeness (QED) is 0.815. The van der Waals surface area contributed by atoms with E-state index in [1.807, 2.05) is 30.3 Å². The van der Waals surface area contributed by atoms with Gasteiger partial charge in [0.1, 0.15) is 5.60 Å². The molecule has 0 radical (unpaired) electrons.